The molecule has 9 heteroatoms. The van der Waals surface area contributed by atoms with Gasteiger partial charge in [0.05, 0.1) is 30.0 Å². The van der Waals surface area contributed by atoms with Gasteiger partial charge in [0.1, 0.15) is 17.5 Å². The molecule has 0 amide bonds. The molecule has 0 aromatic rings. The zero-order chi connectivity index (χ0) is 22.3. The van der Waals surface area contributed by atoms with Gasteiger partial charge in [-0.2, -0.15) is 0 Å². The first-order valence-corrected chi connectivity index (χ1v) is 9.66. The highest BCUT2D eigenvalue weighted by molar-refractivity contribution is 5.95. The van der Waals surface area contributed by atoms with E-state index in [1.807, 2.05) is 0 Å². The zero-order valence-electron chi connectivity index (χ0n) is 17.6. The zero-order valence-corrected chi connectivity index (χ0v) is 17.6. The van der Waals surface area contributed by atoms with E-state index in [-0.39, 0.29) is 29.9 Å². The Labute approximate surface area is 174 Å². The van der Waals surface area contributed by atoms with Crippen molar-refractivity contribution in [1.29, 1.82) is 0 Å². The number of carbonyl (C=O) groups is 2. The van der Waals surface area contributed by atoms with Crippen LogP contribution in [0.1, 0.15) is 33.1 Å². The number of aliphatic hydroxyl groups excluding tert-OH is 1. The molecule has 2 bridgehead atoms. The van der Waals surface area contributed by atoms with Gasteiger partial charge < -0.3 is 33.9 Å². The van der Waals surface area contributed by atoms with Gasteiger partial charge in [0, 0.05) is 32.6 Å². The fourth-order valence-corrected chi connectivity index (χ4v) is 4.23. The molecule has 3 rings (SSSR count). The number of aliphatic hydroxyl groups is 2. The number of ether oxygens (including phenoxy) is 5. The van der Waals surface area contributed by atoms with Crippen LogP contribution in [0.3, 0.4) is 0 Å². The van der Waals surface area contributed by atoms with Crippen molar-refractivity contribution in [3.05, 3.63) is 35.1 Å². The Kier molecular flexibility index (Phi) is 5.96. The molecule has 1 fully saturated rings. The van der Waals surface area contributed by atoms with Gasteiger partial charge in [-0.3, -0.25) is 0 Å². The number of hydrogen-bond donors (Lipinski definition) is 2. The highest BCUT2D eigenvalue weighted by Crippen LogP contribution is 2.50. The summed E-state index contributed by atoms with van der Waals surface area (Å²) in [7, 11) is 2.87. The molecule has 1 saturated heterocycles. The molecule has 166 valence electrons. The molecule has 30 heavy (non-hydrogen) atoms. The minimum atomic E-state index is -1.61. The van der Waals surface area contributed by atoms with Gasteiger partial charge in [-0.1, -0.05) is 6.58 Å². The third kappa shape index (κ3) is 3.72. The van der Waals surface area contributed by atoms with Crippen LogP contribution < -0.4 is 0 Å². The van der Waals surface area contributed by atoms with Crippen molar-refractivity contribution >= 4 is 11.9 Å². The molecular formula is C21H28O9. The largest absolute Gasteiger partial charge is 0.454 e. The van der Waals surface area contributed by atoms with E-state index in [1.54, 1.807) is 13.0 Å². The lowest BCUT2D eigenvalue weighted by Crippen LogP contribution is -2.56. The van der Waals surface area contributed by atoms with Crippen LogP contribution in [0.5, 0.6) is 0 Å². The van der Waals surface area contributed by atoms with Crippen molar-refractivity contribution in [2.45, 2.75) is 56.2 Å². The Morgan fingerprint density at radius 1 is 1.33 bits per heavy atom. The molecule has 0 radical (unpaired) electrons. The van der Waals surface area contributed by atoms with Gasteiger partial charge >= 0.3 is 11.9 Å². The number of fused-ring (bicyclic) bond motifs is 3. The van der Waals surface area contributed by atoms with Crippen LogP contribution in [-0.2, 0) is 33.3 Å². The van der Waals surface area contributed by atoms with Crippen molar-refractivity contribution in [1.82, 2.24) is 0 Å². The Morgan fingerprint density at radius 3 is 2.63 bits per heavy atom. The number of hydrogen-bond acceptors (Lipinski definition) is 9. The van der Waals surface area contributed by atoms with Gasteiger partial charge in [-0.25, -0.2) is 9.59 Å². The van der Waals surface area contributed by atoms with Crippen molar-refractivity contribution in [3.8, 4) is 0 Å². The van der Waals surface area contributed by atoms with Gasteiger partial charge in [0.2, 0.25) is 0 Å². The quantitative estimate of drug-likeness (QED) is 0.473. The maximum Gasteiger partial charge on any atom is 0.342 e. The lowest BCUT2D eigenvalue weighted by Gasteiger charge is -2.42. The molecule has 4 unspecified atom stereocenters. The van der Waals surface area contributed by atoms with Crippen molar-refractivity contribution in [2.24, 2.45) is 0 Å². The maximum absolute atomic E-state index is 12.5. The Balaban J connectivity index is 2.18. The van der Waals surface area contributed by atoms with Crippen LogP contribution >= 0.6 is 0 Å². The smallest absolute Gasteiger partial charge is 0.342 e. The van der Waals surface area contributed by atoms with E-state index >= 15 is 0 Å². The summed E-state index contributed by atoms with van der Waals surface area (Å²) >= 11 is 0. The minimum Gasteiger partial charge on any atom is -0.454 e. The second-order valence-electron chi connectivity index (χ2n) is 8.23. The van der Waals surface area contributed by atoms with Crippen LogP contribution in [0.2, 0.25) is 0 Å². The first-order chi connectivity index (χ1) is 14.0. The molecule has 0 aliphatic carbocycles. The van der Waals surface area contributed by atoms with Crippen LogP contribution in [0.25, 0.3) is 0 Å². The first-order valence-electron chi connectivity index (χ1n) is 9.66. The molecule has 0 aromatic heterocycles. The second kappa shape index (κ2) is 7.90. The highest BCUT2D eigenvalue weighted by atomic mass is 16.7. The van der Waals surface area contributed by atoms with E-state index < -0.39 is 41.6 Å². The van der Waals surface area contributed by atoms with E-state index in [0.717, 1.165) is 0 Å². The minimum absolute atomic E-state index is 0.0738. The summed E-state index contributed by atoms with van der Waals surface area (Å²) in [6.07, 6.45) is 1.28. The Morgan fingerprint density at radius 2 is 2.03 bits per heavy atom. The summed E-state index contributed by atoms with van der Waals surface area (Å²) in [4.78, 5) is 24.9. The first kappa shape index (κ1) is 22.6. The van der Waals surface area contributed by atoms with E-state index in [2.05, 4.69) is 6.58 Å². The molecule has 0 aromatic carbocycles. The summed E-state index contributed by atoms with van der Waals surface area (Å²) in [6, 6.07) is 0. The molecule has 3 aliphatic heterocycles. The van der Waals surface area contributed by atoms with E-state index in [1.165, 1.54) is 21.1 Å². The van der Waals surface area contributed by atoms with Crippen molar-refractivity contribution in [3.63, 3.8) is 0 Å². The number of esters is 2. The Hall–Kier alpha value is -2.04. The average molecular weight is 424 g/mol. The van der Waals surface area contributed by atoms with Gasteiger partial charge in [0.25, 0.3) is 0 Å². The number of methoxy groups -OCH3 is 2. The molecular weight excluding hydrogens is 396 g/mol. The van der Waals surface area contributed by atoms with E-state index in [9.17, 15) is 19.8 Å². The Bertz CT molecular complexity index is 824. The van der Waals surface area contributed by atoms with Crippen LogP contribution in [0, 0.1) is 0 Å². The number of rotatable bonds is 6. The summed E-state index contributed by atoms with van der Waals surface area (Å²) < 4.78 is 28.0. The monoisotopic (exact) mass is 424 g/mol. The molecule has 0 saturated carbocycles. The van der Waals surface area contributed by atoms with Gasteiger partial charge in [0.15, 0.2) is 5.79 Å². The fourth-order valence-electron chi connectivity index (χ4n) is 4.23. The summed E-state index contributed by atoms with van der Waals surface area (Å²) in [5.74, 6) is -2.65. The molecule has 0 spiro atoms. The normalized spacial score (nSPS) is 35.7. The van der Waals surface area contributed by atoms with Crippen LogP contribution in [0.4, 0.5) is 0 Å². The third-order valence-corrected chi connectivity index (χ3v) is 5.90. The topological polar surface area (TPSA) is 121 Å². The lowest BCUT2D eigenvalue weighted by molar-refractivity contribution is -0.310. The molecule has 4 atom stereocenters. The average Bonchev–Trinajstić information content (AvgIpc) is 3.18. The fraction of sp³-hybridized carbons (Fsp3) is 0.619. The van der Waals surface area contributed by atoms with Crippen molar-refractivity contribution in [2.75, 3.05) is 27.4 Å². The SMILES string of the molecule is C=C(CO)C(=O)OC1CC(C)(O)C2(OC)CCC(C)(C=C3OC(=O)C(COC)=C31)O2. The summed E-state index contributed by atoms with van der Waals surface area (Å²) in [5.41, 5.74) is -2.18. The maximum atomic E-state index is 12.5. The van der Waals surface area contributed by atoms with E-state index in [4.69, 9.17) is 23.7 Å². The van der Waals surface area contributed by atoms with Crippen molar-refractivity contribution < 1.29 is 43.5 Å². The molecule has 3 heterocycles. The molecule has 2 N–H and O–H groups in total. The molecule has 3 aliphatic rings. The van der Waals surface area contributed by atoms with Gasteiger partial charge in [-0.05, 0) is 26.3 Å². The van der Waals surface area contributed by atoms with E-state index in [0.29, 0.717) is 18.4 Å². The summed E-state index contributed by atoms with van der Waals surface area (Å²) in [6.45, 7) is 6.15. The van der Waals surface area contributed by atoms with Gasteiger partial charge in [-0.15, -0.1) is 0 Å². The highest BCUT2D eigenvalue weighted by Gasteiger charge is 2.60. The third-order valence-electron chi connectivity index (χ3n) is 5.90. The molecule has 9 nitrogen and oxygen atoms in total. The predicted octanol–water partition coefficient (Wildman–Crippen LogP) is 0.897. The van der Waals surface area contributed by atoms with Crippen LogP contribution in [0.15, 0.2) is 35.1 Å². The standard InChI is InChI=1S/C21H28O9/c1-12(10-22)17(23)28-15-9-20(3,25)21(27-5)7-6-19(2,30-21)8-14-16(15)13(11-26-4)18(24)29-14/h8,15,22,25H,1,6-7,9-11H2,2-5H3. The summed E-state index contributed by atoms with van der Waals surface area (Å²) in [5, 5.41) is 20.7. The predicted molar refractivity (Wildman–Crippen MR) is 103 cm³/mol. The number of carbonyl (C=O) groups excluding carboxylic acids is 2. The second-order valence-corrected chi connectivity index (χ2v) is 8.23. The van der Waals surface area contributed by atoms with Crippen LogP contribution in [-0.4, -0.2) is 72.7 Å². The lowest BCUT2D eigenvalue weighted by atomic mass is 9.82.